The summed E-state index contributed by atoms with van der Waals surface area (Å²) in [5.74, 6) is -0.147. The van der Waals surface area contributed by atoms with Crippen LogP contribution in [-0.4, -0.2) is 27.0 Å². The molecule has 0 fully saturated rings. The lowest BCUT2D eigenvalue weighted by atomic mass is 10.2. The molecule has 1 unspecified atom stereocenters. The van der Waals surface area contributed by atoms with Gasteiger partial charge in [-0.25, -0.2) is 4.98 Å². The zero-order chi connectivity index (χ0) is 15.9. The molecule has 7 heteroatoms. The van der Waals surface area contributed by atoms with Crippen molar-refractivity contribution in [3.05, 3.63) is 47.5 Å². The van der Waals surface area contributed by atoms with E-state index in [0.717, 1.165) is 0 Å². The van der Waals surface area contributed by atoms with Crippen LogP contribution in [0.15, 0.2) is 36.7 Å². The number of aromatic nitrogens is 2. The third kappa shape index (κ3) is 4.08. The predicted octanol–water partition coefficient (Wildman–Crippen LogP) is 2.34. The van der Waals surface area contributed by atoms with Crippen molar-refractivity contribution in [2.45, 2.75) is 25.9 Å². The quantitative estimate of drug-likeness (QED) is 0.711. The molecule has 0 aliphatic rings. The van der Waals surface area contributed by atoms with Gasteiger partial charge in [0.15, 0.2) is 5.15 Å². The van der Waals surface area contributed by atoms with Gasteiger partial charge in [0.05, 0.1) is 12.2 Å². The molecular weight excluding hydrogens is 304 g/mol. The second kappa shape index (κ2) is 7.61. The Morgan fingerprint density at radius 1 is 1.32 bits per heavy atom. The second-order valence-electron chi connectivity index (χ2n) is 4.63. The summed E-state index contributed by atoms with van der Waals surface area (Å²) in [6.45, 7) is 2.05. The highest BCUT2D eigenvalue weighted by Crippen LogP contribution is 2.19. The van der Waals surface area contributed by atoms with Gasteiger partial charge < -0.3 is 15.7 Å². The molecule has 0 bridgehead atoms. The average molecular weight is 321 g/mol. The van der Waals surface area contributed by atoms with E-state index in [-0.39, 0.29) is 18.2 Å². The van der Waals surface area contributed by atoms with Crippen LogP contribution in [0.2, 0.25) is 5.15 Å². The van der Waals surface area contributed by atoms with Crippen LogP contribution in [0.4, 0.5) is 5.69 Å². The number of aromatic hydroxyl groups is 1. The van der Waals surface area contributed by atoms with Crippen LogP contribution in [0, 0.1) is 0 Å². The lowest BCUT2D eigenvalue weighted by Gasteiger charge is -2.18. The molecule has 6 nitrogen and oxygen atoms in total. The lowest BCUT2D eigenvalue weighted by Crippen LogP contribution is -2.39. The van der Waals surface area contributed by atoms with E-state index in [1.54, 1.807) is 30.6 Å². The average Bonchev–Trinajstić information content (AvgIpc) is 2.53. The number of amides is 1. The monoisotopic (exact) mass is 320 g/mol. The first-order valence-electron chi connectivity index (χ1n) is 6.89. The normalized spacial score (nSPS) is 11.7. The number of pyridine rings is 2. The maximum Gasteiger partial charge on any atom is 0.242 e. The largest absolute Gasteiger partial charge is 0.506 e. The van der Waals surface area contributed by atoms with E-state index in [2.05, 4.69) is 20.6 Å². The Morgan fingerprint density at radius 3 is 2.73 bits per heavy atom. The van der Waals surface area contributed by atoms with Gasteiger partial charge in [-0.1, -0.05) is 18.5 Å². The molecule has 0 aliphatic carbocycles. The van der Waals surface area contributed by atoms with Crippen LogP contribution in [-0.2, 0) is 11.3 Å². The van der Waals surface area contributed by atoms with Crippen molar-refractivity contribution >= 4 is 23.2 Å². The third-order valence-electron chi connectivity index (χ3n) is 3.11. The van der Waals surface area contributed by atoms with E-state index in [1.807, 2.05) is 6.92 Å². The van der Waals surface area contributed by atoms with Crippen molar-refractivity contribution in [2.24, 2.45) is 0 Å². The Morgan fingerprint density at radius 2 is 2.05 bits per heavy atom. The smallest absolute Gasteiger partial charge is 0.242 e. The number of nitrogens with one attached hydrogen (secondary N) is 2. The summed E-state index contributed by atoms with van der Waals surface area (Å²) in [5.41, 5.74) is 1.02. The van der Waals surface area contributed by atoms with Crippen molar-refractivity contribution in [1.29, 1.82) is 0 Å². The highest BCUT2D eigenvalue weighted by atomic mass is 35.5. The Bertz CT molecular complexity index is 651. The molecule has 0 saturated heterocycles. The summed E-state index contributed by atoms with van der Waals surface area (Å²) in [6, 6.07) is 6.20. The van der Waals surface area contributed by atoms with Crippen LogP contribution in [0.1, 0.15) is 19.0 Å². The number of nitrogens with zero attached hydrogens (tertiary/aromatic N) is 2. The van der Waals surface area contributed by atoms with Crippen molar-refractivity contribution in [1.82, 2.24) is 15.3 Å². The zero-order valence-electron chi connectivity index (χ0n) is 12.1. The second-order valence-corrected chi connectivity index (χ2v) is 4.99. The molecule has 0 saturated carbocycles. The third-order valence-corrected chi connectivity index (χ3v) is 3.41. The minimum atomic E-state index is -0.451. The van der Waals surface area contributed by atoms with E-state index in [0.29, 0.717) is 23.0 Å². The maximum atomic E-state index is 12.2. The fourth-order valence-electron chi connectivity index (χ4n) is 1.89. The first-order valence-corrected chi connectivity index (χ1v) is 7.27. The van der Waals surface area contributed by atoms with Crippen LogP contribution in [0.25, 0.3) is 0 Å². The lowest BCUT2D eigenvalue weighted by molar-refractivity contribution is -0.122. The highest BCUT2D eigenvalue weighted by molar-refractivity contribution is 6.32. The van der Waals surface area contributed by atoms with Gasteiger partial charge in [-0.3, -0.25) is 9.78 Å². The molecule has 1 atom stereocenters. The molecule has 2 aromatic heterocycles. The molecule has 116 valence electrons. The van der Waals surface area contributed by atoms with Crippen LogP contribution in [0.5, 0.6) is 5.75 Å². The molecule has 0 spiro atoms. The molecule has 0 aromatic carbocycles. The summed E-state index contributed by atoms with van der Waals surface area (Å²) < 4.78 is 0. The Hall–Kier alpha value is -2.34. The number of carbonyl (C=O) groups is 1. The minimum absolute atomic E-state index is 0.0547. The molecule has 2 heterocycles. The number of carbonyl (C=O) groups excluding carboxylic acids is 1. The van der Waals surface area contributed by atoms with E-state index in [4.69, 9.17) is 11.6 Å². The van der Waals surface area contributed by atoms with E-state index < -0.39 is 6.04 Å². The molecule has 22 heavy (non-hydrogen) atoms. The van der Waals surface area contributed by atoms with Gasteiger partial charge in [0, 0.05) is 12.4 Å². The van der Waals surface area contributed by atoms with Gasteiger partial charge in [0.1, 0.15) is 17.5 Å². The zero-order valence-corrected chi connectivity index (χ0v) is 12.8. The minimum Gasteiger partial charge on any atom is -0.506 e. The van der Waals surface area contributed by atoms with Gasteiger partial charge in [0.2, 0.25) is 5.91 Å². The number of anilines is 1. The Kier molecular flexibility index (Phi) is 5.55. The number of rotatable bonds is 6. The van der Waals surface area contributed by atoms with Gasteiger partial charge in [0.25, 0.3) is 0 Å². The summed E-state index contributed by atoms with van der Waals surface area (Å²) in [5, 5.41) is 15.8. The van der Waals surface area contributed by atoms with Gasteiger partial charge in [-0.15, -0.1) is 0 Å². The van der Waals surface area contributed by atoms with Crippen LogP contribution < -0.4 is 10.6 Å². The van der Waals surface area contributed by atoms with Gasteiger partial charge >= 0.3 is 0 Å². The van der Waals surface area contributed by atoms with Crippen LogP contribution in [0.3, 0.4) is 0 Å². The fourth-order valence-corrected chi connectivity index (χ4v) is 2.07. The standard InChI is InChI=1S/C15H17ClN4O2/c1-2-10(20-11-5-3-8-18-14(11)16)15(22)19-9-12-13(21)6-4-7-17-12/h3-8,10,20-21H,2,9H2,1H3,(H,19,22). The molecular formula is C15H17ClN4O2. The fraction of sp³-hybridized carbons (Fsp3) is 0.267. The molecule has 2 rings (SSSR count). The SMILES string of the molecule is CCC(Nc1cccnc1Cl)C(=O)NCc1ncccc1O. The van der Waals surface area contributed by atoms with Crippen molar-refractivity contribution < 1.29 is 9.90 Å². The topological polar surface area (TPSA) is 87.1 Å². The first kappa shape index (κ1) is 16.0. The van der Waals surface area contributed by atoms with Gasteiger partial charge in [-0.2, -0.15) is 0 Å². The van der Waals surface area contributed by atoms with Crippen molar-refractivity contribution in [3.8, 4) is 5.75 Å². The molecule has 2 aromatic rings. The number of hydrogen-bond acceptors (Lipinski definition) is 5. The molecule has 0 radical (unpaired) electrons. The summed E-state index contributed by atoms with van der Waals surface area (Å²) in [4.78, 5) is 20.2. The Labute approximate surface area is 133 Å². The van der Waals surface area contributed by atoms with Crippen molar-refractivity contribution in [2.75, 3.05) is 5.32 Å². The summed E-state index contributed by atoms with van der Waals surface area (Å²) in [7, 11) is 0. The van der Waals surface area contributed by atoms with E-state index in [9.17, 15) is 9.90 Å². The van der Waals surface area contributed by atoms with Crippen LogP contribution >= 0.6 is 11.6 Å². The van der Waals surface area contributed by atoms with E-state index >= 15 is 0 Å². The first-order chi connectivity index (χ1) is 10.6. The molecule has 1 amide bonds. The number of hydrogen-bond donors (Lipinski definition) is 3. The van der Waals surface area contributed by atoms with E-state index in [1.165, 1.54) is 6.07 Å². The van der Waals surface area contributed by atoms with Crippen molar-refractivity contribution in [3.63, 3.8) is 0 Å². The predicted molar refractivity (Wildman–Crippen MR) is 84.7 cm³/mol. The molecule has 0 aliphatic heterocycles. The number of halogens is 1. The summed E-state index contributed by atoms with van der Waals surface area (Å²) in [6.07, 6.45) is 3.72. The highest BCUT2D eigenvalue weighted by Gasteiger charge is 2.17. The summed E-state index contributed by atoms with van der Waals surface area (Å²) >= 11 is 5.98. The molecule has 3 N–H and O–H groups in total. The van der Waals surface area contributed by atoms with Gasteiger partial charge in [-0.05, 0) is 30.7 Å². The maximum absolute atomic E-state index is 12.2. The Balaban J connectivity index is 1.98.